The maximum atomic E-state index is 3.69. The minimum atomic E-state index is 0.700. The molecule has 0 aromatic rings. The Morgan fingerprint density at radius 2 is 2.12 bits per heavy atom. The van der Waals surface area contributed by atoms with Gasteiger partial charge in [-0.2, -0.15) is 0 Å². The molecule has 16 heavy (non-hydrogen) atoms. The minimum Gasteiger partial charge on any atom is -0.314 e. The van der Waals surface area contributed by atoms with Gasteiger partial charge in [0, 0.05) is 12.6 Å². The van der Waals surface area contributed by atoms with Gasteiger partial charge in [0.1, 0.15) is 0 Å². The number of likely N-dealkylation sites (tertiary alicyclic amines) is 1. The molecule has 1 rings (SSSR count). The third-order valence-electron chi connectivity index (χ3n) is 3.79. The van der Waals surface area contributed by atoms with Crippen molar-refractivity contribution >= 4 is 0 Å². The summed E-state index contributed by atoms with van der Waals surface area (Å²) < 4.78 is 0. The maximum Gasteiger partial charge on any atom is 0.00792 e. The Hall–Kier alpha value is -0.0800. The normalized spacial score (nSPS) is 24.6. The van der Waals surface area contributed by atoms with Crippen molar-refractivity contribution in [3.63, 3.8) is 0 Å². The lowest BCUT2D eigenvalue weighted by molar-refractivity contribution is 0.151. The second kappa shape index (κ2) is 8.08. The zero-order valence-electron chi connectivity index (χ0n) is 11.5. The van der Waals surface area contributed by atoms with Gasteiger partial charge in [-0.3, -0.25) is 0 Å². The van der Waals surface area contributed by atoms with Gasteiger partial charge in [-0.25, -0.2) is 0 Å². The van der Waals surface area contributed by atoms with Crippen LogP contribution in [-0.4, -0.2) is 37.1 Å². The van der Waals surface area contributed by atoms with Gasteiger partial charge in [0.15, 0.2) is 0 Å². The quantitative estimate of drug-likeness (QED) is 0.672. The van der Waals surface area contributed by atoms with Crippen LogP contribution in [0.2, 0.25) is 0 Å². The van der Waals surface area contributed by atoms with Crippen LogP contribution >= 0.6 is 0 Å². The zero-order chi connectivity index (χ0) is 11.8. The standard InChI is InChI=1S/C14H30N2/c1-4-6-9-15-13(3)14-8-7-11-16(12-14)10-5-2/h13-15H,4-12H2,1-3H3. The van der Waals surface area contributed by atoms with Crippen LogP contribution in [-0.2, 0) is 0 Å². The predicted octanol–water partition coefficient (Wildman–Crippen LogP) is 2.89. The molecule has 1 saturated heterocycles. The molecule has 0 spiro atoms. The van der Waals surface area contributed by atoms with E-state index in [0.29, 0.717) is 6.04 Å². The van der Waals surface area contributed by atoms with Crippen molar-refractivity contribution in [1.29, 1.82) is 0 Å². The highest BCUT2D eigenvalue weighted by Crippen LogP contribution is 2.19. The van der Waals surface area contributed by atoms with E-state index in [0.717, 1.165) is 5.92 Å². The molecule has 96 valence electrons. The highest BCUT2D eigenvalue weighted by Gasteiger charge is 2.23. The molecule has 2 atom stereocenters. The highest BCUT2D eigenvalue weighted by molar-refractivity contribution is 4.80. The number of piperidine rings is 1. The molecule has 0 aliphatic carbocycles. The highest BCUT2D eigenvalue weighted by atomic mass is 15.1. The molecule has 1 aliphatic heterocycles. The van der Waals surface area contributed by atoms with Gasteiger partial charge in [0.25, 0.3) is 0 Å². The lowest BCUT2D eigenvalue weighted by Crippen LogP contribution is -2.44. The molecule has 0 amide bonds. The summed E-state index contributed by atoms with van der Waals surface area (Å²) in [7, 11) is 0. The topological polar surface area (TPSA) is 15.3 Å². The fourth-order valence-electron chi connectivity index (χ4n) is 2.69. The molecule has 0 saturated carbocycles. The number of unbranched alkanes of at least 4 members (excludes halogenated alkanes) is 1. The van der Waals surface area contributed by atoms with Crippen LogP contribution in [0, 0.1) is 5.92 Å². The summed E-state index contributed by atoms with van der Waals surface area (Å²) in [6, 6.07) is 0.700. The monoisotopic (exact) mass is 226 g/mol. The van der Waals surface area contributed by atoms with Crippen LogP contribution in [0.5, 0.6) is 0 Å². The van der Waals surface area contributed by atoms with E-state index in [-0.39, 0.29) is 0 Å². The summed E-state index contributed by atoms with van der Waals surface area (Å²) in [5, 5.41) is 3.69. The molecule has 2 unspecified atom stereocenters. The number of rotatable bonds is 7. The molecule has 0 radical (unpaired) electrons. The summed E-state index contributed by atoms with van der Waals surface area (Å²) in [4.78, 5) is 2.65. The zero-order valence-corrected chi connectivity index (χ0v) is 11.5. The number of hydrogen-bond acceptors (Lipinski definition) is 2. The summed E-state index contributed by atoms with van der Waals surface area (Å²) in [6.45, 7) is 12.0. The molecule has 0 bridgehead atoms. The second-order valence-electron chi connectivity index (χ2n) is 5.30. The van der Waals surface area contributed by atoms with Crippen LogP contribution < -0.4 is 5.32 Å². The molecule has 0 aromatic heterocycles. The Bertz CT molecular complexity index is 168. The van der Waals surface area contributed by atoms with Crippen LogP contribution in [0.4, 0.5) is 0 Å². The van der Waals surface area contributed by atoms with Gasteiger partial charge in [0.05, 0.1) is 0 Å². The van der Waals surface area contributed by atoms with Crippen LogP contribution in [0.1, 0.15) is 52.9 Å². The van der Waals surface area contributed by atoms with E-state index in [9.17, 15) is 0 Å². The van der Waals surface area contributed by atoms with Gasteiger partial charge in [-0.15, -0.1) is 0 Å². The van der Waals surface area contributed by atoms with Gasteiger partial charge < -0.3 is 10.2 Å². The number of nitrogens with zero attached hydrogens (tertiary/aromatic N) is 1. The SMILES string of the molecule is CCCCNC(C)C1CCCN(CCC)C1. The molecular weight excluding hydrogens is 196 g/mol. The van der Waals surface area contributed by atoms with Gasteiger partial charge in [-0.05, 0) is 58.2 Å². The van der Waals surface area contributed by atoms with Crippen molar-refractivity contribution < 1.29 is 0 Å². The first-order valence-corrected chi connectivity index (χ1v) is 7.23. The summed E-state index contributed by atoms with van der Waals surface area (Å²) in [5.74, 6) is 0.872. The molecular formula is C14H30N2. The van der Waals surface area contributed by atoms with Crippen molar-refractivity contribution in [2.24, 2.45) is 5.92 Å². The predicted molar refractivity (Wildman–Crippen MR) is 71.8 cm³/mol. The van der Waals surface area contributed by atoms with Crippen molar-refractivity contribution in [1.82, 2.24) is 10.2 Å². The van der Waals surface area contributed by atoms with Crippen molar-refractivity contribution in [2.45, 2.75) is 58.9 Å². The lowest BCUT2D eigenvalue weighted by Gasteiger charge is -2.36. The summed E-state index contributed by atoms with van der Waals surface area (Å²) in [6.07, 6.45) is 6.72. The average molecular weight is 226 g/mol. The van der Waals surface area contributed by atoms with E-state index in [2.05, 4.69) is 31.0 Å². The Morgan fingerprint density at radius 1 is 1.31 bits per heavy atom. The number of hydrogen-bond donors (Lipinski definition) is 1. The smallest absolute Gasteiger partial charge is 0.00792 e. The number of nitrogens with one attached hydrogen (secondary N) is 1. The molecule has 2 heteroatoms. The Kier molecular flexibility index (Phi) is 7.06. The Balaban J connectivity index is 2.23. The second-order valence-corrected chi connectivity index (χ2v) is 5.30. The molecule has 2 nitrogen and oxygen atoms in total. The molecule has 0 aromatic carbocycles. The largest absolute Gasteiger partial charge is 0.314 e. The van der Waals surface area contributed by atoms with Crippen molar-refractivity contribution in [2.75, 3.05) is 26.2 Å². The van der Waals surface area contributed by atoms with E-state index in [1.807, 2.05) is 0 Å². The van der Waals surface area contributed by atoms with Crippen LogP contribution in [0.3, 0.4) is 0 Å². The van der Waals surface area contributed by atoms with Crippen molar-refractivity contribution in [3.8, 4) is 0 Å². The van der Waals surface area contributed by atoms with E-state index in [1.165, 1.54) is 58.3 Å². The fourth-order valence-corrected chi connectivity index (χ4v) is 2.69. The van der Waals surface area contributed by atoms with E-state index in [4.69, 9.17) is 0 Å². The van der Waals surface area contributed by atoms with Gasteiger partial charge in [-0.1, -0.05) is 20.3 Å². The third-order valence-corrected chi connectivity index (χ3v) is 3.79. The summed E-state index contributed by atoms with van der Waals surface area (Å²) >= 11 is 0. The Morgan fingerprint density at radius 3 is 2.81 bits per heavy atom. The molecule has 1 heterocycles. The van der Waals surface area contributed by atoms with Gasteiger partial charge >= 0.3 is 0 Å². The van der Waals surface area contributed by atoms with E-state index in [1.54, 1.807) is 0 Å². The van der Waals surface area contributed by atoms with Gasteiger partial charge in [0.2, 0.25) is 0 Å². The summed E-state index contributed by atoms with van der Waals surface area (Å²) in [5.41, 5.74) is 0. The fraction of sp³-hybridized carbons (Fsp3) is 1.00. The molecule has 1 fully saturated rings. The van der Waals surface area contributed by atoms with Crippen molar-refractivity contribution in [3.05, 3.63) is 0 Å². The maximum absolute atomic E-state index is 3.69. The van der Waals surface area contributed by atoms with Crippen LogP contribution in [0.25, 0.3) is 0 Å². The first kappa shape index (κ1) is 14.0. The Labute approximate surface area is 102 Å². The lowest BCUT2D eigenvalue weighted by atomic mass is 9.91. The molecule has 1 aliphatic rings. The minimum absolute atomic E-state index is 0.700. The molecule has 1 N–H and O–H groups in total. The average Bonchev–Trinajstić information content (AvgIpc) is 2.30. The third kappa shape index (κ3) is 4.84. The van der Waals surface area contributed by atoms with E-state index < -0.39 is 0 Å². The first-order chi connectivity index (χ1) is 7.77. The van der Waals surface area contributed by atoms with E-state index >= 15 is 0 Å². The first-order valence-electron chi connectivity index (χ1n) is 7.23. The van der Waals surface area contributed by atoms with Crippen LogP contribution in [0.15, 0.2) is 0 Å².